The van der Waals surface area contributed by atoms with Crippen LogP contribution in [0.3, 0.4) is 0 Å². The van der Waals surface area contributed by atoms with Gasteiger partial charge in [-0.3, -0.25) is 9.59 Å². The van der Waals surface area contributed by atoms with Crippen LogP contribution in [0.1, 0.15) is 29.3 Å². The maximum absolute atomic E-state index is 12.7. The molecule has 1 aromatic carbocycles. The van der Waals surface area contributed by atoms with Crippen molar-refractivity contribution in [2.45, 2.75) is 27.0 Å². The lowest BCUT2D eigenvalue weighted by atomic mass is 10.1. The van der Waals surface area contributed by atoms with Crippen molar-refractivity contribution in [2.75, 3.05) is 20.3 Å². The van der Waals surface area contributed by atoms with Crippen molar-refractivity contribution in [1.82, 2.24) is 9.99 Å². The van der Waals surface area contributed by atoms with E-state index < -0.39 is 11.5 Å². The van der Waals surface area contributed by atoms with E-state index in [1.165, 1.54) is 17.9 Å². The standard InChI is InChI=1S/C23H25BrN4O5/c1-5-9-33-19-8-7-16(10-20(19)32-6-2)12-26-27-21(29)13-28-15(3)22(24)18(14-31-4)17(11-25)23(28)30/h5,7-8,10,12H,1,6,9,13-14H2,2-4H3,(H,27,29)/b26-12-. The minimum absolute atomic E-state index is 0.0761. The van der Waals surface area contributed by atoms with E-state index in [9.17, 15) is 14.9 Å². The Morgan fingerprint density at radius 3 is 2.76 bits per heavy atom. The molecule has 9 nitrogen and oxygen atoms in total. The fourth-order valence-corrected chi connectivity index (χ4v) is 3.47. The second-order valence-corrected chi connectivity index (χ2v) is 7.51. The molecule has 0 saturated heterocycles. The van der Waals surface area contributed by atoms with E-state index in [0.717, 1.165) is 0 Å². The number of hydrogen-bond acceptors (Lipinski definition) is 7. The summed E-state index contributed by atoms with van der Waals surface area (Å²) in [6, 6.07) is 7.13. The lowest BCUT2D eigenvalue weighted by Crippen LogP contribution is -2.33. The first-order valence-electron chi connectivity index (χ1n) is 10.0. The summed E-state index contributed by atoms with van der Waals surface area (Å²) in [6.45, 7) is 7.75. The molecule has 0 radical (unpaired) electrons. The number of carbonyl (C=O) groups is 1. The molecule has 2 aromatic rings. The Hall–Kier alpha value is -3.42. The molecule has 0 aliphatic carbocycles. The SMILES string of the molecule is C=CCOc1ccc(/C=N\NC(=O)Cn2c(C)c(Br)c(COC)c(C#N)c2=O)cc1OCC. The van der Waals surface area contributed by atoms with E-state index >= 15 is 0 Å². The molecule has 1 aromatic heterocycles. The van der Waals surface area contributed by atoms with Crippen molar-refractivity contribution < 1.29 is 19.0 Å². The fraction of sp³-hybridized carbons (Fsp3) is 0.304. The second kappa shape index (κ2) is 12.6. The maximum Gasteiger partial charge on any atom is 0.269 e. The largest absolute Gasteiger partial charge is 0.490 e. The first-order valence-corrected chi connectivity index (χ1v) is 10.8. The Kier molecular flexibility index (Phi) is 9.84. The molecule has 33 heavy (non-hydrogen) atoms. The number of pyridine rings is 1. The van der Waals surface area contributed by atoms with Crippen molar-refractivity contribution in [3.05, 3.63) is 68.1 Å². The van der Waals surface area contributed by atoms with E-state index in [2.05, 4.69) is 33.0 Å². The zero-order valence-corrected chi connectivity index (χ0v) is 20.3. The topological polar surface area (TPSA) is 115 Å². The van der Waals surface area contributed by atoms with Crippen LogP contribution in [0.25, 0.3) is 0 Å². The van der Waals surface area contributed by atoms with Crippen LogP contribution in [-0.4, -0.2) is 37.0 Å². The van der Waals surface area contributed by atoms with Gasteiger partial charge in [0.15, 0.2) is 11.5 Å². The molecule has 0 saturated carbocycles. The number of benzene rings is 1. The first-order chi connectivity index (χ1) is 15.9. The second-order valence-electron chi connectivity index (χ2n) is 6.72. The number of amides is 1. The van der Waals surface area contributed by atoms with Crippen LogP contribution in [0.4, 0.5) is 0 Å². The highest BCUT2D eigenvalue weighted by Gasteiger charge is 2.19. The van der Waals surface area contributed by atoms with Crippen LogP contribution in [0.15, 0.2) is 45.2 Å². The van der Waals surface area contributed by atoms with Gasteiger partial charge < -0.3 is 18.8 Å². The van der Waals surface area contributed by atoms with Crippen molar-refractivity contribution in [3.63, 3.8) is 0 Å². The summed E-state index contributed by atoms with van der Waals surface area (Å²) in [4.78, 5) is 25.1. The van der Waals surface area contributed by atoms with Gasteiger partial charge in [0.1, 0.15) is 24.8 Å². The molecule has 0 bridgehead atoms. The summed E-state index contributed by atoms with van der Waals surface area (Å²) in [5, 5.41) is 13.4. The maximum atomic E-state index is 12.7. The van der Waals surface area contributed by atoms with E-state index in [1.807, 2.05) is 13.0 Å². The van der Waals surface area contributed by atoms with Crippen molar-refractivity contribution in [1.29, 1.82) is 5.26 Å². The number of hydrogen-bond donors (Lipinski definition) is 1. The summed E-state index contributed by atoms with van der Waals surface area (Å²) >= 11 is 3.39. The smallest absolute Gasteiger partial charge is 0.269 e. The molecule has 0 spiro atoms. The third-order valence-corrected chi connectivity index (χ3v) is 5.53. The van der Waals surface area contributed by atoms with E-state index in [-0.39, 0.29) is 18.7 Å². The van der Waals surface area contributed by atoms with Crippen LogP contribution >= 0.6 is 15.9 Å². The van der Waals surface area contributed by atoms with E-state index in [0.29, 0.717) is 46.0 Å². The number of nitriles is 1. The Bertz CT molecular complexity index is 1150. The van der Waals surface area contributed by atoms with Gasteiger partial charge in [-0.05, 0) is 53.5 Å². The number of aromatic nitrogens is 1. The number of rotatable bonds is 11. The summed E-state index contributed by atoms with van der Waals surface area (Å²) in [6.07, 6.45) is 3.09. The van der Waals surface area contributed by atoms with Gasteiger partial charge in [0.2, 0.25) is 0 Å². The minimum atomic E-state index is -0.569. The molecule has 174 valence electrons. The number of nitrogens with one attached hydrogen (secondary N) is 1. The first kappa shape index (κ1) is 25.8. The Morgan fingerprint density at radius 1 is 1.36 bits per heavy atom. The number of ether oxygens (including phenoxy) is 3. The monoisotopic (exact) mass is 516 g/mol. The molecular weight excluding hydrogens is 492 g/mol. The zero-order chi connectivity index (χ0) is 24.4. The lowest BCUT2D eigenvalue weighted by Gasteiger charge is -2.15. The van der Waals surface area contributed by atoms with Gasteiger partial charge in [-0.15, -0.1) is 0 Å². The fourth-order valence-electron chi connectivity index (χ4n) is 2.95. The van der Waals surface area contributed by atoms with Gasteiger partial charge >= 0.3 is 0 Å². The van der Waals surface area contributed by atoms with Crippen molar-refractivity contribution in [2.24, 2.45) is 5.10 Å². The zero-order valence-electron chi connectivity index (χ0n) is 18.7. The van der Waals surface area contributed by atoms with Gasteiger partial charge in [-0.2, -0.15) is 10.4 Å². The summed E-state index contributed by atoms with van der Waals surface area (Å²) < 4.78 is 18.0. The predicted octanol–water partition coefficient (Wildman–Crippen LogP) is 3.05. The predicted molar refractivity (Wildman–Crippen MR) is 128 cm³/mol. The van der Waals surface area contributed by atoms with E-state index in [1.54, 1.807) is 31.2 Å². The van der Waals surface area contributed by atoms with Crippen LogP contribution in [0.2, 0.25) is 0 Å². The third-order valence-electron chi connectivity index (χ3n) is 4.48. The van der Waals surface area contributed by atoms with Gasteiger partial charge in [-0.1, -0.05) is 12.7 Å². The molecule has 1 amide bonds. The molecule has 0 fully saturated rings. The molecule has 10 heteroatoms. The van der Waals surface area contributed by atoms with Gasteiger partial charge in [-0.25, -0.2) is 5.43 Å². The molecule has 2 rings (SSSR count). The van der Waals surface area contributed by atoms with Crippen LogP contribution < -0.4 is 20.5 Å². The van der Waals surface area contributed by atoms with E-state index in [4.69, 9.17) is 14.2 Å². The van der Waals surface area contributed by atoms with Crippen LogP contribution in [0, 0.1) is 18.3 Å². The molecule has 0 unspecified atom stereocenters. The van der Waals surface area contributed by atoms with Crippen LogP contribution in [-0.2, 0) is 22.7 Å². The van der Waals surface area contributed by atoms with Crippen molar-refractivity contribution in [3.8, 4) is 17.6 Å². The minimum Gasteiger partial charge on any atom is -0.490 e. The van der Waals surface area contributed by atoms with Crippen LogP contribution in [0.5, 0.6) is 11.5 Å². The molecule has 1 N–H and O–H groups in total. The Balaban J connectivity index is 2.17. The quantitative estimate of drug-likeness (QED) is 0.278. The number of nitrogens with zero attached hydrogens (tertiary/aromatic N) is 3. The summed E-state index contributed by atoms with van der Waals surface area (Å²) in [5.41, 5.74) is 3.37. The molecule has 0 aliphatic heterocycles. The Labute approximate surface area is 200 Å². The molecule has 0 atom stereocenters. The lowest BCUT2D eigenvalue weighted by molar-refractivity contribution is -0.121. The van der Waals surface area contributed by atoms with Gasteiger partial charge in [0.05, 0.1) is 19.4 Å². The highest BCUT2D eigenvalue weighted by molar-refractivity contribution is 9.10. The normalized spacial score (nSPS) is 10.6. The molecular formula is C23H25BrN4O5. The highest BCUT2D eigenvalue weighted by atomic mass is 79.9. The summed E-state index contributed by atoms with van der Waals surface area (Å²) in [5.74, 6) is 0.591. The third kappa shape index (κ3) is 6.54. The molecule has 0 aliphatic rings. The Morgan fingerprint density at radius 2 is 2.12 bits per heavy atom. The highest BCUT2D eigenvalue weighted by Crippen LogP contribution is 2.28. The summed E-state index contributed by atoms with van der Waals surface area (Å²) in [7, 11) is 1.47. The number of carbonyl (C=O) groups excluding carboxylic acids is 1. The number of halogens is 1. The average Bonchev–Trinajstić information content (AvgIpc) is 2.80. The number of methoxy groups -OCH3 is 1. The number of hydrazone groups is 1. The molecule has 1 heterocycles. The van der Waals surface area contributed by atoms with Gasteiger partial charge in [0.25, 0.3) is 11.5 Å². The average molecular weight is 517 g/mol. The van der Waals surface area contributed by atoms with Crippen molar-refractivity contribution >= 4 is 28.1 Å². The van der Waals surface area contributed by atoms with Gasteiger partial charge in [0, 0.05) is 22.8 Å².